The molecule has 0 bridgehead atoms. The fourth-order valence-electron chi connectivity index (χ4n) is 4.10. The molecule has 1 aliphatic heterocycles. The number of rotatable bonds is 4. The number of nitrogens with zero attached hydrogens (tertiary/aromatic N) is 3. The number of anilines is 1. The van der Waals surface area contributed by atoms with Crippen LogP contribution in [0.5, 0.6) is 0 Å². The second kappa shape index (κ2) is 8.75. The zero-order valence-corrected chi connectivity index (χ0v) is 20.0. The maximum atomic E-state index is 14.2. The Morgan fingerprint density at radius 1 is 1.20 bits per heavy atom. The van der Waals surface area contributed by atoms with Gasteiger partial charge in [-0.1, -0.05) is 29.8 Å². The molecule has 3 amide bonds. The first kappa shape index (κ1) is 22.9. The largest absolute Gasteiger partial charge is 0.352 e. The van der Waals surface area contributed by atoms with Crippen LogP contribution in [0, 0.1) is 5.82 Å². The van der Waals surface area contributed by atoms with Gasteiger partial charge in [-0.05, 0) is 42.7 Å². The zero-order valence-electron chi connectivity index (χ0n) is 18.4. The van der Waals surface area contributed by atoms with Gasteiger partial charge in [-0.15, -0.1) is 0 Å². The molecule has 0 radical (unpaired) electrons. The first-order chi connectivity index (χ1) is 16.8. The van der Waals surface area contributed by atoms with E-state index in [2.05, 4.69) is 25.3 Å². The minimum atomic E-state index is -0.977. The number of carbonyl (C=O) groups is 3. The summed E-state index contributed by atoms with van der Waals surface area (Å²) < 4.78 is 20.7. The Morgan fingerprint density at radius 3 is 2.74 bits per heavy atom. The van der Waals surface area contributed by atoms with Gasteiger partial charge in [0.1, 0.15) is 17.6 Å². The van der Waals surface area contributed by atoms with Crippen LogP contribution in [0.15, 0.2) is 42.5 Å². The number of imidazole rings is 1. The predicted octanol–water partition coefficient (Wildman–Crippen LogP) is 3.68. The summed E-state index contributed by atoms with van der Waals surface area (Å²) in [5.41, 5.74) is 0.740. The predicted molar refractivity (Wildman–Crippen MR) is 129 cm³/mol. The Morgan fingerprint density at radius 2 is 1.97 bits per heavy atom. The van der Waals surface area contributed by atoms with Crippen LogP contribution in [-0.4, -0.2) is 38.7 Å². The van der Waals surface area contributed by atoms with Crippen LogP contribution in [0.25, 0.3) is 10.1 Å². The minimum absolute atomic E-state index is 0.0304. The van der Waals surface area contributed by atoms with Crippen molar-refractivity contribution < 1.29 is 18.8 Å². The fraction of sp³-hybridized carbons (Fsp3) is 0.174. The Hall–Kier alpha value is -3.83. The van der Waals surface area contributed by atoms with Crippen molar-refractivity contribution >= 4 is 56.8 Å². The molecule has 2 atom stereocenters. The van der Waals surface area contributed by atoms with Crippen molar-refractivity contribution in [2.75, 3.05) is 12.4 Å². The molecule has 0 spiro atoms. The number of hydrogen-bond donors (Lipinski definition) is 3. The summed E-state index contributed by atoms with van der Waals surface area (Å²) in [5.74, 6) is -2.14. The van der Waals surface area contributed by atoms with Crippen LogP contribution in [0.1, 0.15) is 51.4 Å². The second-order valence-corrected chi connectivity index (χ2v) is 9.10. The van der Waals surface area contributed by atoms with Crippen LogP contribution >= 0.6 is 23.1 Å². The fourth-order valence-corrected chi connectivity index (χ4v) is 5.10. The van der Waals surface area contributed by atoms with Crippen molar-refractivity contribution in [2.24, 2.45) is 0 Å². The molecule has 0 saturated heterocycles. The van der Waals surface area contributed by atoms with Crippen molar-refractivity contribution in [3.05, 3.63) is 76.1 Å². The Labute approximate surface area is 207 Å². The van der Waals surface area contributed by atoms with E-state index in [1.54, 1.807) is 19.1 Å². The molecule has 4 aromatic rings. The third-order valence-corrected chi connectivity index (χ3v) is 6.97. The average Bonchev–Trinajstić information content (AvgIpc) is 3.45. The molecule has 178 valence electrons. The average molecular weight is 513 g/mol. The van der Waals surface area contributed by atoms with Gasteiger partial charge in [0.15, 0.2) is 5.82 Å². The molecule has 5 rings (SSSR count). The van der Waals surface area contributed by atoms with Gasteiger partial charge in [-0.25, -0.2) is 9.37 Å². The standard InChI is InChI=1S/C23H18ClFN6O3S/c1-10-21(32)27-16(13-9-11(25)7-8-14(13)24)18-19(28-20(31(10)18)23(34)26-2)29-22(33)17-12-5-3-4-6-15(12)35-30-17/h3-10,16H,1-2H3,(H,26,34)(H,27,32)(H,29,33)/t10-,16-/m1/s1. The molecule has 3 N–H and O–H groups in total. The van der Waals surface area contributed by atoms with Gasteiger partial charge in [0.05, 0.1) is 16.4 Å². The number of fused-ring (bicyclic) bond motifs is 2. The van der Waals surface area contributed by atoms with Crippen molar-refractivity contribution in [1.82, 2.24) is 24.6 Å². The summed E-state index contributed by atoms with van der Waals surface area (Å²) in [6.45, 7) is 1.59. The number of benzene rings is 2. The molecule has 2 aromatic carbocycles. The third-order valence-electron chi connectivity index (χ3n) is 5.80. The Bertz CT molecular complexity index is 1520. The number of halogens is 2. The van der Waals surface area contributed by atoms with Crippen LogP contribution < -0.4 is 16.0 Å². The summed E-state index contributed by atoms with van der Waals surface area (Å²) in [5, 5.41) is 8.91. The smallest absolute Gasteiger partial charge is 0.287 e. The quantitative estimate of drug-likeness (QED) is 0.385. The summed E-state index contributed by atoms with van der Waals surface area (Å²) in [6, 6.07) is 9.23. The minimum Gasteiger partial charge on any atom is -0.352 e. The van der Waals surface area contributed by atoms with Gasteiger partial charge >= 0.3 is 0 Å². The van der Waals surface area contributed by atoms with Gasteiger partial charge in [0, 0.05) is 23.0 Å². The highest BCUT2D eigenvalue weighted by molar-refractivity contribution is 7.13. The van der Waals surface area contributed by atoms with Crippen LogP contribution in [0.4, 0.5) is 10.2 Å². The molecule has 3 heterocycles. The lowest BCUT2D eigenvalue weighted by molar-refractivity contribution is -0.125. The summed E-state index contributed by atoms with van der Waals surface area (Å²) >= 11 is 7.54. The van der Waals surface area contributed by atoms with Crippen molar-refractivity contribution in [1.29, 1.82) is 0 Å². The summed E-state index contributed by atoms with van der Waals surface area (Å²) in [4.78, 5) is 43.1. The molecule has 2 aromatic heterocycles. The highest BCUT2D eigenvalue weighted by Crippen LogP contribution is 2.39. The van der Waals surface area contributed by atoms with E-state index in [-0.39, 0.29) is 33.6 Å². The highest BCUT2D eigenvalue weighted by atomic mass is 35.5. The Kier molecular flexibility index (Phi) is 5.73. The van der Waals surface area contributed by atoms with E-state index in [0.29, 0.717) is 5.39 Å². The number of hydrogen-bond acceptors (Lipinski definition) is 6. The normalized spacial score (nSPS) is 17.1. The summed E-state index contributed by atoms with van der Waals surface area (Å²) in [6.07, 6.45) is 0. The number of aromatic nitrogens is 3. The zero-order chi connectivity index (χ0) is 24.9. The van der Waals surface area contributed by atoms with E-state index in [1.807, 2.05) is 12.1 Å². The van der Waals surface area contributed by atoms with Crippen LogP contribution in [-0.2, 0) is 4.79 Å². The molecule has 9 nitrogen and oxygen atoms in total. The van der Waals surface area contributed by atoms with E-state index in [1.165, 1.54) is 41.3 Å². The second-order valence-electron chi connectivity index (χ2n) is 7.88. The first-order valence-electron chi connectivity index (χ1n) is 10.6. The molecule has 35 heavy (non-hydrogen) atoms. The number of carbonyl (C=O) groups excluding carboxylic acids is 3. The summed E-state index contributed by atoms with van der Waals surface area (Å²) in [7, 11) is 1.43. The van der Waals surface area contributed by atoms with E-state index >= 15 is 0 Å². The third kappa shape index (κ3) is 3.82. The lowest BCUT2D eigenvalue weighted by atomic mass is 9.99. The monoisotopic (exact) mass is 512 g/mol. The van der Waals surface area contributed by atoms with Gasteiger partial charge in [0.2, 0.25) is 11.7 Å². The molecular weight excluding hydrogens is 495 g/mol. The maximum Gasteiger partial charge on any atom is 0.287 e. The topological polar surface area (TPSA) is 118 Å². The van der Waals surface area contributed by atoms with E-state index in [9.17, 15) is 18.8 Å². The molecule has 1 aliphatic rings. The van der Waals surface area contributed by atoms with Gasteiger partial charge in [-0.2, -0.15) is 4.37 Å². The van der Waals surface area contributed by atoms with E-state index in [4.69, 9.17) is 11.6 Å². The van der Waals surface area contributed by atoms with Crippen LogP contribution in [0.3, 0.4) is 0 Å². The molecule has 0 fully saturated rings. The van der Waals surface area contributed by atoms with E-state index in [0.717, 1.165) is 4.70 Å². The lowest BCUT2D eigenvalue weighted by Gasteiger charge is -2.31. The van der Waals surface area contributed by atoms with E-state index < -0.39 is 35.6 Å². The molecule has 0 unspecified atom stereocenters. The molecule has 12 heteroatoms. The Balaban J connectivity index is 1.68. The maximum absolute atomic E-state index is 14.2. The van der Waals surface area contributed by atoms with Gasteiger partial charge in [-0.3, -0.25) is 14.4 Å². The van der Waals surface area contributed by atoms with Gasteiger partial charge in [0.25, 0.3) is 11.8 Å². The number of nitrogens with one attached hydrogen (secondary N) is 3. The SMILES string of the molecule is CNC(=O)c1nc(NC(=O)c2nsc3ccccc23)c2n1[C@H](C)C(=O)N[C@@H]2c1cc(F)ccc1Cl. The van der Waals surface area contributed by atoms with Crippen molar-refractivity contribution in [2.45, 2.75) is 19.0 Å². The molecule has 0 aliphatic carbocycles. The first-order valence-corrected chi connectivity index (χ1v) is 11.7. The van der Waals surface area contributed by atoms with Gasteiger partial charge < -0.3 is 20.5 Å². The van der Waals surface area contributed by atoms with Crippen molar-refractivity contribution in [3.63, 3.8) is 0 Å². The van der Waals surface area contributed by atoms with Crippen molar-refractivity contribution in [3.8, 4) is 0 Å². The lowest BCUT2D eigenvalue weighted by Crippen LogP contribution is -2.43. The molecule has 0 saturated carbocycles. The van der Waals surface area contributed by atoms with Crippen LogP contribution in [0.2, 0.25) is 5.02 Å². The molecular formula is C23H18ClFN6O3S. The highest BCUT2D eigenvalue weighted by Gasteiger charge is 2.39. The number of amides is 3.